The normalized spacial score (nSPS) is 27.1. The van der Waals surface area contributed by atoms with Crippen LogP contribution in [-0.4, -0.2) is 28.7 Å². The summed E-state index contributed by atoms with van der Waals surface area (Å²) in [6, 6.07) is 0. The monoisotopic (exact) mass is 212 g/mol. The first-order valence-corrected chi connectivity index (χ1v) is 5.83. The van der Waals surface area contributed by atoms with Crippen molar-refractivity contribution in [3.05, 3.63) is 0 Å². The highest BCUT2D eigenvalue weighted by Gasteiger charge is 2.47. The van der Waals surface area contributed by atoms with E-state index in [0.717, 1.165) is 38.5 Å². The largest absolute Gasteiger partial charge is 0.394 e. The topological polar surface area (TPSA) is 75.4 Å². The Morgan fingerprint density at radius 1 is 1.20 bits per heavy atom. The number of rotatable bonds is 3. The molecule has 2 aliphatic rings. The maximum atomic E-state index is 12.0. The molecule has 0 aromatic rings. The quantitative estimate of drug-likeness (QED) is 0.629. The predicted molar refractivity (Wildman–Crippen MR) is 57.2 cm³/mol. The Balaban J connectivity index is 1.94. The van der Waals surface area contributed by atoms with Crippen LogP contribution in [0.25, 0.3) is 0 Å². The van der Waals surface area contributed by atoms with Crippen molar-refractivity contribution < 1.29 is 9.90 Å². The second-order valence-electron chi connectivity index (χ2n) is 5.11. The number of carbonyl (C=O) groups is 1. The summed E-state index contributed by atoms with van der Waals surface area (Å²) in [5.41, 5.74) is 5.09. The maximum absolute atomic E-state index is 12.0. The predicted octanol–water partition coefficient (Wildman–Crippen LogP) is 0.289. The standard InChI is InChI=1S/C11H20N2O2/c12-11(4-2-1-3-5-11)9(15)13-10(8-14)6-7-10/h14H,1-8,12H2,(H,13,15). The highest BCUT2D eigenvalue weighted by atomic mass is 16.3. The van der Waals surface area contributed by atoms with E-state index < -0.39 is 5.54 Å². The minimum Gasteiger partial charge on any atom is -0.394 e. The summed E-state index contributed by atoms with van der Waals surface area (Å²) in [4.78, 5) is 12.0. The van der Waals surface area contributed by atoms with Gasteiger partial charge in [-0.15, -0.1) is 0 Å². The third-order valence-corrected chi connectivity index (χ3v) is 3.73. The van der Waals surface area contributed by atoms with Gasteiger partial charge in [-0.25, -0.2) is 0 Å². The number of hydrogen-bond acceptors (Lipinski definition) is 3. The molecule has 4 N–H and O–H groups in total. The molecule has 4 heteroatoms. The summed E-state index contributed by atoms with van der Waals surface area (Å²) >= 11 is 0. The summed E-state index contributed by atoms with van der Waals surface area (Å²) in [5, 5.41) is 12.0. The lowest BCUT2D eigenvalue weighted by Gasteiger charge is -2.33. The first kappa shape index (κ1) is 10.9. The first-order chi connectivity index (χ1) is 7.10. The average molecular weight is 212 g/mol. The zero-order chi connectivity index (χ0) is 10.9. The van der Waals surface area contributed by atoms with E-state index in [1.54, 1.807) is 0 Å². The molecule has 0 atom stereocenters. The summed E-state index contributed by atoms with van der Waals surface area (Å²) in [6.45, 7) is 0.0365. The van der Waals surface area contributed by atoms with Crippen LogP contribution in [0.1, 0.15) is 44.9 Å². The van der Waals surface area contributed by atoms with Crippen LogP contribution >= 0.6 is 0 Å². The van der Waals surface area contributed by atoms with Crippen LogP contribution < -0.4 is 11.1 Å². The van der Waals surface area contributed by atoms with Gasteiger partial charge in [0.2, 0.25) is 5.91 Å². The van der Waals surface area contributed by atoms with Crippen molar-refractivity contribution in [2.75, 3.05) is 6.61 Å². The fourth-order valence-corrected chi connectivity index (χ4v) is 2.25. The van der Waals surface area contributed by atoms with E-state index in [4.69, 9.17) is 10.8 Å². The molecule has 15 heavy (non-hydrogen) atoms. The third kappa shape index (κ3) is 2.16. The van der Waals surface area contributed by atoms with Crippen LogP contribution in [0.3, 0.4) is 0 Å². The minimum atomic E-state index is -0.678. The van der Waals surface area contributed by atoms with Gasteiger partial charge in [0, 0.05) is 0 Å². The molecule has 2 fully saturated rings. The number of carbonyl (C=O) groups excluding carboxylic acids is 1. The molecule has 0 unspecified atom stereocenters. The van der Waals surface area contributed by atoms with Gasteiger partial charge in [-0.1, -0.05) is 19.3 Å². The van der Waals surface area contributed by atoms with Crippen LogP contribution in [-0.2, 0) is 4.79 Å². The molecule has 0 aromatic carbocycles. The van der Waals surface area contributed by atoms with E-state index in [1.165, 1.54) is 6.42 Å². The number of aliphatic hydroxyl groups is 1. The molecule has 0 aliphatic heterocycles. The lowest BCUT2D eigenvalue weighted by molar-refractivity contribution is -0.128. The number of nitrogens with two attached hydrogens (primary N) is 1. The van der Waals surface area contributed by atoms with Crippen LogP contribution in [0.2, 0.25) is 0 Å². The Bertz CT molecular complexity index is 255. The average Bonchev–Trinajstić information content (AvgIpc) is 3.00. The van der Waals surface area contributed by atoms with Crippen molar-refractivity contribution in [2.45, 2.75) is 56.0 Å². The van der Waals surface area contributed by atoms with Crippen LogP contribution in [0.5, 0.6) is 0 Å². The van der Waals surface area contributed by atoms with Gasteiger partial charge in [-0.2, -0.15) is 0 Å². The Hall–Kier alpha value is -0.610. The van der Waals surface area contributed by atoms with Gasteiger partial charge in [0.05, 0.1) is 17.7 Å². The lowest BCUT2D eigenvalue weighted by Crippen LogP contribution is -2.58. The van der Waals surface area contributed by atoms with Gasteiger partial charge in [-0.3, -0.25) is 4.79 Å². The number of amides is 1. The van der Waals surface area contributed by atoms with E-state index in [0.29, 0.717) is 0 Å². The van der Waals surface area contributed by atoms with E-state index >= 15 is 0 Å². The van der Waals surface area contributed by atoms with Crippen molar-refractivity contribution in [2.24, 2.45) is 5.73 Å². The minimum absolute atomic E-state index is 0.0365. The van der Waals surface area contributed by atoms with E-state index in [9.17, 15) is 4.79 Å². The molecule has 0 heterocycles. The molecule has 86 valence electrons. The summed E-state index contributed by atoms with van der Waals surface area (Å²) < 4.78 is 0. The van der Waals surface area contributed by atoms with Crippen LogP contribution in [0.4, 0.5) is 0 Å². The number of nitrogens with one attached hydrogen (secondary N) is 1. The van der Waals surface area contributed by atoms with Gasteiger partial charge in [0.25, 0.3) is 0 Å². The van der Waals surface area contributed by atoms with Gasteiger partial charge >= 0.3 is 0 Å². The third-order valence-electron chi connectivity index (χ3n) is 3.73. The number of aliphatic hydroxyl groups excluding tert-OH is 1. The van der Waals surface area contributed by atoms with Crippen LogP contribution in [0, 0.1) is 0 Å². The molecular formula is C11H20N2O2. The van der Waals surface area contributed by atoms with E-state index in [1.807, 2.05) is 0 Å². The van der Waals surface area contributed by atoms with Gasteiger partial charge in [-0.05, 0) is 25.7 Å². The molecule has 2 rings (SSSR count). The smallest absolute Gasteiger partial charge is 0.240 e. The molecule has 0 saturated heterocycles. The first-order valence-electron chi connectivity index (χ1n) is 5.83. The van der Waals surface area contributed by atoms with Crippen molar-refractivity contribution in [3.63, 3.8) is 0 Å². The molecular weight excluding hydrogens is 192 g/mol. The second kappa shape index (κ2) is 3.76. The summed E-state index contributed by atoms with van der Waals surface area (Å²) in [5.74, 6) is -0.0613. The fraction of sp³-hybridized carbons (Fsp3) is 0.909. The molecule has 0 aromatic heterocycles. The molecule has 0 bridgehead atoms. The fourth-order valence-electron chi connectivity index (χ4n) is 2.25. The highest BCUT2D eigenvalue weighted by Crippen LogP contribution is 2.36. The Labute approximate surface area is 90.2 Å². The van der Waals surface area contributed by atoms with Crippen molar-refractivity contribution >= 4 is 5.91 Å². The Morgan fingerprint density at radius 3 is 2.27 bits per heavy atom. The van der Waals surface area contributed by atoms with Gasteiger partial charge in [0.15, 0.2) is 0 Å². The van der Waals surface area contributed by atoms with E-state index in [2.05, 4.69) is 5.32 Å². The zero-order valence-electron chi connectivity index (χ0n) is 9.09. The molecule has 0 radical (unpaired) electrons. The summed E-state index contributed by atoms with van der Waals surface area (Å²) in [6.07, 6.45) is 6.57. The van der Waals surface area contributed by atoms with Crippen molar-refractivity contribution in [1.29, 1.82) is 0 Å². The summed E-state index contributed by atoms with van der Waals surface area (Å²) in [7, 11) is 0. The van der Waals surface area contributed by atoms with Crippen molar-refractivity contribution in [3.8, 4) is 0 Å². The van der Waals surface area contributed by atoms with Gasteiger partial charge < -0.3 is 16.2 Å². The SMILES string of the molecule is NC1(C(=O)NC2(CO)CC2)CCCCC1. The van der Waals surface area contributed by atoms with Crippen molar-refractivity contribution in [1.82, 2.24) is 5.32 Å². The van der Waals surface area contributed by atoms with Gasteiger partial charge in [0.1, 0.15) is 0 Å². The Morgan fingerprint density at radius 2 is 1.80 bits per heavy atom. The molecule has 4 nitrogen and oxygen atoms in total. The Kier molecular flexibility index (Phi) is 2.73. The molecule has 0 spiro atoms. The molecule has 2 aliphatic carbocycles. The van der Waals surface area contributed by atoms with E-state index in [-0.39, 0.29) is 18.1 Å². The molecule has 1 amide bonds. The highest BCUT2D eigenvalue weighted by molar-refractivity contribution is 5.87. The number of hydrogen-bond donors (Lipinski definition) is 3. The zero-order valence-corrected chi connectivity index (χ0v) is 9.09. The maximum Gasteiger partial charge on any atom is 0.240 e. The van der Waals surface area contributed by atoms with Crippen LogP contribution in [0.15, 0.2) is 0 Å². The second-order valence-corrected chi connectivity index (χ2v) is 5.11. The lowest BCUT2D eigenvalue weighted by atomic mass is 9.81. The molecule has 2 saturated carbocycles.